The standard InChI is InChI=1S/C19H23NO/c1-3-20(16-17-10-5-4-6-11-17)15-9-13-18-12-7-8-14-19(18)21-2/h4-14H,3,15-16H2,1-2H3/p+1/b13-9+. The molecule has 2 aromatic carbocycles. The first kappa shape index (κ1) is 15.3. The van der Waals surface area contributed by atoms with E-state index < -0.39 is 0 Å². The fraction of sp³-hybridized carbons (Fsp3) is 0.263. The molecular formula is C19H24NO+. The second-order valence-electron chi connectivity index (χ2n) is 5.11. The van der Waals surface area contributed by atoms with E-state index in [9.17, 15) is 0 Å². The average Bonchev–Trinajstić information content (AvgIpc) is 2.55. The van der Waals surface area contributed by atoms with Crippen molar-refractivity contribution in [3.8, 4) is 5.75 Å². The maximum atomic E-state index is 5.37. The van der Waals surface area contributed by atoms with E-state index in [1.807, 2.05) is 18.2 Å². The number of ether oxygens (including phenoxy) is 1. The van der Waals surface area contributed by atoms with Crippen molar-refractivity contribution in [2.24, 2.45) is 0 Å². The molecule has 0 amide bonds. The van der Waals surface area contributed by atoms with Gasteiger partial charge in [-0.05, 0) is 25.1 Å². The Morgan fingerprint density at radius 2 is 1.71 bits per heavy atom. The predicted molar refractivity (Wildman–Crippen MR) is 88.5 cm³/mol. The maximum Gasteiger partial charge on any atom is 0.126 e. The van der Waals surface area contributed by atoms with Crippen LogP contribution in [0.25, 0.3) is 6.08 Å². The molecule has 0 aliphatic rings. The van der Waals surface area contributed by atoms with Gasteiger partial charge in [-0.2, -0.15) is 0 Å². The average molecular weight is 282 g/mol. The number of rotatable bonds is 7. The van der Waals surface area contributed by atoms with Crippen LogP contribution in [-0.2, 0) is 6.54 Å². The first-order chi connectivity index (χ1) is 10.3. The summed E-state index contributed by atoms with van der Waals surface area (Å²) in [6, 6.07) is 18.8. The molecule has 0 aliphatic carbocycles. The van der Waals surface area contributed by atoms with Gasteiger partial charge in [-0.15, -0.1) is 0 Å². The summed E-state index contributed by atoms with van der Waals surface area (Å²) in [7, 11) is 1.71. The number of hydrogen-bond acceptors (Lipinski definition) is 1. The number of hydrogen-bond donors (Lipinski definition) is 1. The minimum Gasteiger partial charge on any atom is -0.496 e. The lowest BCUT2D eigenvalue weighted by Gasteiger charge is -2.15. The van der Waals surface area contributed by atoms with Crippen molar-refractivity contribution >= 4 is 6.08 Å². The van der Waals surface area contributed by atoms with E-state index in [0.717, 1.165) is 30.9 Å². The Morgan fingerprint density at radius 1 is 1.00 bits per heavy atom. The molecule has 2 rings (SSSR count). The van der Waals surface area contributed by atoms with Crippen LogP contribution < -0.4 is 9.64 Å². The molecule has 0 heterocycles. The summed E-state index contributed by atoms with van der Waals surface area (Å²) in [5.74, 6) is 0.926. The van der Waals surface area contributed by atoms with Gasteiger partial charge in [0.1, 0.15) is 12.3 Å². The fourth-order valence-corrected chi connectivity index (χ4v) is 2.38. The summed E-state index contributed by atoms with van der Waals surface area (Å²) in [6.45, 7) is 5.43. The SMILES string of the molecule is CC[NH+](C/C=C/c1ccccc1OC)Cc1ccccc1. The molecule has 1 unspecified atom stereocenters. The number of benzene rings is 2. The van der Waals surface area contributed by atoms with Crippen molar-refractivity contribution < 1.29 is 9.64 Å². The smallest absolute Gasteiger partial charge is 0.126 e. The molecule has 0 saturated carbocycles. The van der Waals surface area contributed by atoms with E-state index >= 15 is 0 Å². The largest absolute Gasteiger partial charge is 0.496 e. The Bertz CT molecular complexity index is 563. The number of methoxy groups -OCH3 is 1. The van der Waals surface area contributed by atoms with Crippen LogP contribution in [0.2, 0.25) is 0 Å². The van der Waals surface area contributed by atoms with Gasteiger partial charge in [-0.3, -0.25) is 0 Å². The second-order valence-corrected chi connectivity index (χ2v) is 5.11. The summed E-state index contributed by atoms with van der Waals surface area (Å²) in [5.41, 5.74) is 2.52. The van der Waals surface area contributed by atoms with E-state index in [-0.39, 0.29) is 0 Å². The van der Waals surface area contributed by atoms with Gasteiger partial charge in [0.25, 0.3) is 0 Å². The molecule has 0 aliphatic heterocycles. The summed E-state index contributed by atoms with van der Waals surface area (Å²) < 4.78 is 5.37. The highest BCUT2D eigenvalue weighted by Gasteiger charge is 2.04. The first-order valence-corrected chi connectivity index (χ1v) is 7.50. The summed E-state index contributed by atoms with van der Waals surface area (Å²) in [5, 5.41) is 0. The van der Waals surface area contributed by atoms with Crippen molar-refractivity contribution in [3.05, 3.63) is 71.8 Å². The van der Waals surface area contributed by atoms with Crippen LogP contribution in [-0.4, -0.2) is 20.2 Å². The Labute approximate surface area is 127 Å². The van der Waals surface area contributed by atoms with Gasteiger partial charge >= 0.3 is 0 Å². The Kier molecular flexibility index (Phi) is 6.04. The highest BCUT2D eigenvalue weighted by Crippen LogP contribution is 2.18. The molecule has 0 saturated heterocycles. The lowest BCUT2D eigenvalue weighted by atomic mass is 10.2. The lowest BCUT2D eigenvalue weighted by molar-refractivity contribution is -0.906. The zero-order chi connectivity index (χ0) is 14.9. The van der Waals surface area contributed by atoms with Gasteiger partial charge in [-0.25, -0.2) is 0 Å². The highest BCUT2D eigenvalue weighted by molar-refractivity contribution is 5.57. The normalized spacial score (nSPS) is 12.5. The van der Waals surface area contributed by atoms with Gasteiger partial charge < -0.3 is 9.64 Å². The number of quaternary nitrogens is 1. The minimum atomic E-state index is 0.926. The van der Waals surface area contributed by atoms with Crippen molar-refractivity contribution in [1.29, 1.82) is 0 Å². The van der Waals surface area contributed by atoms with E-state index in [2.05, 4.69) is 55.5 Å². The van der Waals surface area contributed by atoms with Crippen molar-refractivity contribution in [3.63, 3.8) is 0 Å². The molecule has 1 N–H and O–H groups in total. The molecule has 0 fully saturated rings. The maximum absolute atomic E-state index is 5.37. The molecule has 0 radical (unpaired) electrons. The number of para-hydroxylation sites is 1. The van der Waals surface area contributed by atoms with Crippen LogP contribution in [0.1, 0.15) is 18.1 Å². The zero-order valence-electron chi connectivity index (χ0n) is 12.9. The Morgan fingerprint density at radius 3 is 2.43 bits per heavy atom. The van der Waals surface area contributed by atoms with Crippen LogP contribution in [0.4, 0.5) is 0 Å². The molecule has 1 atom stereocenters. The molecule has 0 spiro atoms. The molecule has 0 bridgehead atoms. The van der Waals surface area contributed by atoms with Gasteiger partial charge in [0.05, 0.1) is 20.2 Å². The third-order valence-corrected chi connectivity index (χ3v) is 3.64. The van der Waals surface area contributed by atoms with Gasteiger partial charge in [0, 0.05) is 11.1 Å². The predicted octanol–water partition coefficient (Wildman–Crippen LogP) is 2.81. The molecular weight excluding hydrogens is 258 g/mol. The van der Waals surface area contributed by atoms with E-state index in [4.69, 9.17) is 4.74 Å². The Balaban J connectivity index is 1.95. The van der Waals surface area contributed by atoms with Crippen LogP contribution in [0.5, 0.6) is 5.75 Å². The van der Waals surface area contributed by atoms with E-state index in [1.165, 1.54) is 5.56 Å². The van der Waals surface area contributed by atoms with Crippen LogP contribution >= 0.6 is 0 Å². The van der Waals surface area contributed by atoms with Crippen molar-refractivity contribution in [2.45, 2.75) is 13.5 Å². The topological polar surface area (TPSA) is 13.7 Å². The molecule has 21 heavy (non-hydrogen) atoms. The summed E-state index contributed by atoms with van der Waals surface area (Å²) in [4.78, 5) is 1.55. The van der Waals surface area contributed by atoms with Gasteiger partial charge in [0.2, 0.25) is 0 Å². The quantitative estimate of drug-likeness (QED) is 0.824. The van der Waals surface area contributed by atoms with E-state index in [1.54, 1.807) is 12.0 Å². The van der Waals surface area contributed by atoms with Crippen LogP contribution in [0.3, 0.4) is 0 Å². The minimum absolute atomic E-state index is 0.926. The van der Waals surface area contributed by atoms with Crippen LogP contribution in [0, 0.1) is 0 Å². The molecule has 0 aromatic heterocycles. The molecule has 2 heteroatoms. The molecule has 2 nitrogen and oxygen atoms in total. The first-order valence-electron chi connectivity index (χ1n) is 7.50. The zero-order valence-corrected chi connectivity index (χ0v) is 12.9. The molecule has 2 aromatic rings. The van der Waals surface area contributed by atoms with Crippen molar-refractivity contribution in [1.82, 2.24) is 0 Å². The summed E-state index contributed by atoms with van der Waals surface area (Å²) in [6.07, 6.45) is 4.39. The van der Waals surface area contributed by atoms with Gasteiger partial charge in [-0.1, -0.05) is 48.5 Å². The van der Waals surface area contributed by atoms with Crippen LogP contribution in [0.15, 0.2) is 60.7 Å². The number of likely N-dealkylation sites (N-methyl/N-ethyl adjacent to an activating group) is 1. The monoisotopic (exact) mass is 282 g/mol. The Hall–Kier alpha value is -2.06. The third-order valence-electron chi connectivity index (χ3n) is 3.64. The van der Waals surface area contributed by atoms with E-state index in [0.29, 0.717) is 0 Å². The lowest BCUT2D eigenvalue weighted by Crippen LogP contribution is -3.10. The second kappa shape index (κ2) is 8.28. The highest BCUT2D eigenvalue weighted by atomic mass is 16.5. The third kappa shape index (κ3) is 4.76. The summed E-state index contributed by atoms with van der Waals surface area (Å²) >= 11 is 0. The van der Waals surface area contributed by atoms with Gasteiger partial charge in [0.15, 0.2) is 0 Å². The molecule has 110 valence electrons. The number of nitrogens with one attached hydrogen (secondary N) is 1. The fourth-order valence-electron chi connectivity index (χ4n) is 2.38. The van der Waals surface area contributed by atoms with Crippen molar-refractivity contribution in [2.75, 3.05) is 20.2 Å².